The van der Waals surface area contributed by atoms with E-state index in [4.69, 9.17) is 23.2 Å². The van der Waals surface area contributed by atoms with Crippen molar-refractivity contribution in [2.45, 2.75) is 6.10 Å². The molecule has 1 atom stereocenters. The van der Waals surface area contributed by atoms with Crippen LogP contribution in [0.4, 0.5) is 0 Å². The Hall–Kier alpha value is -2.34. The van der Waals surface area contributed by atoms with Crippen molar-refractivity contribution >= 4 is 34.1 Å². The van der Waals surface area contributed by atoms with Gasteiger partial charge >= 0.3 is 0 Å². The molecule has 2 heterocycles. The molecule has 0 radical (unpaired) electrons. The van der Waals surface area contributed by atoms with Crippen LogP contribution in [0.15, 0.2) is 48.9 Å². The number of aromatic nitrogens is 4. The van der Waals surface area contributed by atoms with Crippen LogP contribution in [0.3, 0.4) is 0 Å². The van der Waals surface area contributed by atoms with E-state index in [2.05, 4.69) is 15.1 Å². The molecule has 126 valence electrons. The summed E-state index contributed by atoms with van der Waals surface area (Å²) < 4.78 is 1.68. The van der Waals surface area contributed by atoms with Gasteiger partial charge < -0.3 is 10.1 Å². The van der Waals surface area contributed by atoms with Gasteiger partial charge in [-0.25, -0.2) is 4.98 Å². The summed E-state index contributed by atoms with van der Waals surface area (Å²) in [6, 6.07) is 11.2. The molecule has 0 amide bonds. The molecule has 0 aliphatic heterocycles. The van der Waals surface area contributed by atoms with Gasteiger partial charge in [0, 0.05) is 33.6 Å². The number of nitrogens with zero attached hydrogens (tertiary/aromatic N) is 3. The molecule has 1 unspecified atom stereocenters. The molecule has 4 aromatic rings. The Morgan fingerprint density at radius 2 is 2.00 bits per heavy atom. The van der Waals surface area contributed by atoms with Crippen molar-refractivity contribution in [1.29, 1.82) is 0 Å². The first kappa shape index (κ1) is 16.1. The van der Waals surface area contributed by atoms with E-state index < -0.39 is 6.10 Å². The number of rotatable bonds is 3. The van der Waals surface area contributed by atoms with E-state index in [1.54, 1.807) is 23.0 Å². The molecule has 0 saturated heterocycles. The van der Waals surface area contributed by atoms with Crippen LogP contribution < -0.4 is 0 Å². The Bertz CT molecular complexity index is 1060. The number of aliphatic hydroxyl groups is 1. The van der Waals surface area contributed by atoms with Crippen molar-refractivity contribution in [1.82, 2.24) is 19.7 Å². The third-order valence-electron chi connectivity index (χ3n) is 4.20. The van der Waals surface area contributed by atoms with Gasteiger partial charge in [0.05, 0.1) is 23.9 Å². The average Bonchev–Trinajstić information content (AvgIpc) is 3.21. The quantitative estimate of drug-likeness (QED) is 0.561. The fourth-order valence-corrected chi connectivity index (χ4v) is 3.56. The van der Waals surface area contributed by atoms with Crippen LogP contribution in [0.25, 0.3) is 22.0 Å². The molecular formula is C18H14Cl2N4O. The van der Waals surface area contributed by atoms with Crippen molar-refractivity contribution in [2.75, 3.05) is 0 Å². The first-order valence-corrected chi connectivity index (χ1v) is 8.39. The third-order valence-corrected chi connectivity index (χ3v) is 4.75. The lowest BCUT2D eigenvalue weighted by atomic mass is 10.0. The zero-order valence-corrected chi connectivity index (χ0v) is 14.8. The van der Waals surface area contributed by atoms with Crippen LogP contribution >= 0.6 is 23.2 Å². The highest BCUT2D eigenvalue weighted by molar-refractivity contribution is 6.36. The van der Waals surface area contributed by atoms with Gasteiger partial charge in [-0.2, -0.15) is 5.10 Å². The van der Waals surface area contributed by atoms with E-state index in [0.29, 0.717) is 21.4 Å². The van der Waals surface area contributed by atoms with Crippen molar-refractivity contribution < 1.29 is 5.11 Å². The molecular weight excluding hydrogens is 359 g/mol. The molecule has 0 fully saturated rings. The van der Waals surface area contributed by atoms with Crippen molar-refractivity contribution in [3.8, 4) is 11.1 Å². The normalized spacial score (nSPS) is 12.6. The lowest BCUT2D eigenvalue weighted by Crippen LogP contribution is -2.07. The first-order chi connectivity index (χ1) is 12.1. The Kier molecular flexibility index (Phi) is 4.00. The molecule has 0 aliphatic rings. The van der Waals surface area contributed by atoms with Crippen LogP contribution in [0.2, 0.25) is 10.0 Å². The first-order valence-electron chi connectivity index (χ1n) is 7.63. The van der Waals surface area contributed by atoms with E-state index in [0.717, 1.165) is 22.0 Å². The Balaban J connectivity index is 1.93. The van der Waals surface area contributed by atoms with Gasteiger partial charge in [-0.1, -0.05) is 47.5 Å². The van der Waals surface area contributed by atoms with Gasteiger partial charge in [-0.3, -0.25) is 4.68 Å². The number of aryl methyl sites for hydroxylation is 1. The van der Waals surface area contributed by atoms with E-state index >= 15 is 0 Å². The molecule has 7 heteroatoms. The Morgan fingerprint density at radius 1 is 1.16 bits per heavy atom. The molecule has 2 N–H and O–H groups in total. The smallest absolute Gasteiger partial charge is 0.137 e. The lowest BCUT2D eigenvalue weighted by Gasteiger charge is -2.10. The van der Waals surface area contributed by atoms with Crippen LogP contribution in [0, 0.1) is 0 Å². The zero-order chi connectivity index (χ0) is 17.6. The second kappa shape index (κ2) is 6.19. The standard InChI is InChI=1S/C18H14Cl2N4O/c1-24-17(18(25)15-8-21-9-22-15)13-4-2-3-12(16(13)23-24)11-6-5-10(19)7-14(11)20/h2-9,18,25H,1H3,(H,21,22). The number of fused-ring (bicyclic) bond motifs is 1. The van der Waals surface area contributed by atoms with Crippen LogP contribution in [-0.2, 0) is 7.05 Å². The molecule has 0 spiro atoms. The van der Waals surface area contributed by atoms with Gasteiger partial charge in [0.1, 0.15) is 11.6 Å². The van der Waals surface area contributed by atoms with Gasteiger partial charge in [-0.15, -0.1) is 0 Å². The molecule has 0 bridgehead atoms. The van der Waals surface area contributed by atoms with E-state index in [1.807, 2.05) is 31.3 Å². The molecule has 25 heavy (non-hydrogen) atoms. The van der Waals surface area contributed by atoms with Gasteiger partial charge in [0.15, 0.2) is 0 Å². The van der Waals surface area contributed by atoms with E-state index in [-0.39, 0.29) is 0 Å². The maximum Gasteiger partial charge on any atom is 0.137 e. The minimum absolute atomic E-state index is 0.557. The predicted octanol–water partition coefficient (Wildman–Crippen LogP) is 4.35. The van der Waals surface area contributed by atoms with Gasteiger partial charge in [0.25, 0.3) is 0 Å². The molecule has 4 rings (SSSR count). The van der Waals surface area contributed by atoms with Crippen LogP contribution in [0.1, 0.15) is 17.5 Å². The van der Waals surface area contributed by atoms with Crippen LogP contribution in [0.5, 0.6) is 0 Å². The number of imidazole rings is 1. The summed E-state index contributed by atoms with van der Waals surface area (Å²) in [4.78, 5) is 6.91. The minimum Gasteiger partial charge on any atom is -0.380 e. The maximum absolute atomic E-state index is 10.7. The lowest BCUT2D eigenvalue weighted by molar-refractivity contribution is 0.207. The Morgan fingerprint density at radius 3 is 2.72 bits per heavy atom. The average molecular weight is 373 g/mol. The van der Waals surface area contributed by atoms with E-state index in [1.165, 1.54) is 6.33 Å². The Labute approximate surface area is 153 Å². The summed E-state index contributed by atoms with van der Waals surface area (Å²) in [7, 11) is 1.81. The second-order valence-corrected chi connectivity index (χ2v) is 6.59. The number of benzene rings is 2. The van der Waals surface area contributed by atoms with Crippen molar-refractivity contribution in [3.63, 3.8) is 0 Å². The second-order valence-electron chi connectivity index (χ2n) is 5.74. The number of aromatic amines is 1. The summed E-state index contributed by atoms with van der Waals surface area (Å²) in [6.07, 6.45) is 2.29. The SMILES string of the molecule is Cn1nc2c(-c3ccc(Cl)cc3Cl)cccc2c1C(O)c1cnc[nH]1. The highest BCUT2D eigenvalue weighted by atomic mass is 35.5. The largest absolute Gasteiger partial charge is 0.380 e. The van der Waals surface area contributed by atoms with Crippen molar-refractivity contribution in [3.05, 3.63) is 70.4 Å². The summed E-state index contributed by atoms with van der Waals surface area (Å²) in [5.41, 5.74) is 3.80. The maximum atomic E-state index is 10.7. The summed E-state index contributed by atoms with van der Waals surface area (Å²) in [5.74, 6) is 0. The number of nitrogens with one attached hydrogen (secondary N) is 1. The third kappa shape index (κ3) is 2.70. The minimum atomic E-state index is -0.853. The van der Waals surface area contributed by atoms with E-state index in [9.17, 15) is 5.11 Å². The highest BCUT2D eigenvalue weighted by Gasteiger charge is 2.22. The zero-order valence-electron chi connectivity index (χ0n) is 13.2. The van der Waals surface area contributed by atoms with Crippen molar-refractivity contribution in [2.24, 2.45) is 7.05 Å². The fourth-order valence-electron chi connectivity index (χ4n) is 3.05. The molecule has 2 aromatic heterocycles. The number of aliphatic hydroxyl groups excluding tert-OH is 1. The number of halogens is 2. The highest BCUT2D eigenvalue weighted by Crippen LogP contribution is 2.37. The number of hydrogen-bond donors (Lipinski definition) is 2. The van der Waals surface area contributed by atoms with Gasteiger partial charge in [-0.05, 0) is 12.1 Å². The molecule has 0 saturated carbocycles. The monoisotopic (exact) mass is 372 g/mol. The van der Waals surface area contributed by atoms with Gasteiger partial charge in [0.2, 0.25) is 0 Å². The molecule has 2 aromatic carbocycles. The van der Waals surface area contributed by atoms with Crippen LogP contribution in [-0.4, -0.2) is 24.9 Å². The molecule has 0 aliphatic carbocycles. The number of H-pyrrole nitrogens is 1. The fraction of sp³-hybridized carbons (Fsp3) is 0.111. The molecule has 5 nitrogen and oxygen atoms in total. The summed E-state index contributed by atoms with van der Waals surface area (Å²) in [5, 5.41) is 17.3. The predicted molar refractivity (Wildman–Crippen MR) is 98.8 cm³/mol. The number of hydrogen-bond acceptors (Lipinski definition) is 3. The topological polar surface area (TPSA) is 66.7 Å². The summed E-state index contributed by atoms with van der Waals surface area (Å²) in [6.45, 7) is 0. The summed E-state index contributed by atoms with van der Waals surface area (Å²) >= 11 is 12.4.